The van der Waals surface area contributed by atoms with Crippen LogP contribution in [0.4, 0.5) is 18.3 Å². The molecule has 0 bridgehead atoms. The van der Waals surface area contributed by atoms with Crippen LogP contribution in [0.2, 0.25) is 0 Å². The lowest BCUT2D eigenvalue weighted by Gasteiger charge is -2.31. The average Bonchev–Trinajstić information content (AvgIpc) is 3.27. The van der Waals surface area contributed by atoms with Crippen LogP contribution in [-0.4, -0.2) is 38.9 Å². The Bertz CT molecular complexity index is 1220. The Morgan fingerprint density at radius 2 is 1.76 bits per heavy atom. The Balaban J connectivity index is 1.45. The number of halogens is 3. The van der Waals surface area contributed by atoms with Crippen molar-refractivity contribution >= 4 is 26.3 Å². The molecule has 10 heteroatoms. The van der Waals surface area contributed by atoms with Gasteiger partial charge in [0.2, 0.25) is 0 Å². The molecule has 176 valence electrons. The summed E-state index contributed by atoms with van der Waals surface area (Å²) in [5, 5.41) is 1.89. The lowest BCUT2D eigenvalue weighted by atomic mass is 10.1. The number of alkyl halides is 3. The van der Waals surface area contributed by atoms with E-state index in [4.69, 9.17) is 4.74 Å². The summed E-state index contributed by atoms with van der Waals surface area (Å²) in [6.07, 6.45) is -3.62. The first kappa shape index (κ1) is 23.6. The fourth-order valence-corrected chi connectivity index (χ4v) is 6.88. The maximum atomic E-state index is 13.3. The average molecular weight is 497 g/mol. The van der Waals surface area contributed by atoms with E-state index < -0.39 is 31.7 Å². The molecule has 0 unspecified atom stereocenters. The van der Waals surface area contributed by atoms with Crippen LogP contribution in [0.15, 0.2) is 58.8 Å². The smallest absolute Gasteiger partial charge is 0.417 e. The molecular weight excluding hydrogens is 473 g/mol. The zero-order valence-corrected chi connectivity index (χ0v) is 19.5. The molecule has 2 aromatic carbocycles. The molecule has 3 aromatic rings. The number of piperidine rings is 1. The summed E-state index contributed by atoms with van der Waals surface area (Å²) in [4.78, 5) is 6.05. The number of rotatable bonds is 6. The molecule has 0 amide bonds. The van der Waals surface area contributed by atoms with Crippen molar-refractivity contribution in [2.24, 2.45) is 0 Å². The molecule has 33 heavy (non-hydrogen) atoms. The minimum atomic E-state index is -4.72. The third-order valence-electron chi connectivity index (χ3n) is 5.75. The Kier molecular flexibility index (Phi) is 6.67. The van der Waals surface area contributed by atoms with Gasteiger partial charge in [0.1, 0.15) is 5.75 Å². The zero-order chi connectivity index (χ0) is 23.6. The van der Waals surface area contributed by atoms with Gasteiger partial charge in [-0.05, 0) is 31.0 Å². The predicted molar refractivity (Wildman–Crippen MR) is 122 cm³/mol. The van der Waals surface area contributed by atoms with Gasteiger partial charge in [-0.1, -0.05) is 30.3 Å². The number of hydrogen-bond acceptors (Lipinski definition) is 6. The summed E-state index contributed by atoms with van der Waals surface area (Å²) in [6, 6.07) is 12.1. The lowest BCUT2D eigenvalue weighted by Crippen LogP contribution is -2.39. The van der Waals surface area contributed by atoms with E-state index in [0.717, 1.165) is 34.3 Å². The molecule has 0 atom stereocenters. The van der Waals surface area contributed by atoms with Gasteiger partial charge in [-0.25, -0.2) is 13.4 Å². The Morgan fingerprint density at radius 3 is 2.45 bits per heavy atom. The summed E-state index contributed by atoms with van der Waals surface area (Å²) < 4.78 is 71.5. The summed E-state index contributed by atoms with van der Waals surface area (Å²) >= 11 is 1.48. The molecule has 1 aromatic heterocycles. The Hall–Kier alpha value is -2.59. The molecule has 2 heterocycles. The number of methoxy groups -OCH3 is 1. The van der Waals surface area contributed by atoms with Crippen LogP contribution in [0.5, 0.6) is 5.75 Å². The molecule has 1 saturated heterocycles. The quantitative estimate of drug-likeness (QED) is 0.469. The van der Waals surface area contributed by atoms with Crippen molar-refractivity contribution in [2.75, 3.05) is 25.1 Å². The number of aromatic nitrogens is 1. The number of sulfone groups is 1. The van der Waals surface area contributed by atoms with E-state index in [1.54, 1.807) is 7.11 Å². The van der Waals surface area contributed by atoms with Crippen molar-refractivity contribution in [3.05, 3.63) is 70.7 Å². The highest BCUT2D eigenvalue weighted by atomic mass is 32.2. The van der Waals surface area contributed by atoms with E-state index in [9.17, 15) is 21.6 Å². The predicted octanol–water partition coefficient (Wildman–Crippen LogP) is 5.20. The standard InChI is InChI=1S/C23H23F3N2O3S2/c1-31-20-8-4-2-6-16(20)14-17-15-32-22(27-17)28-12-10-18(11-13-28)33(29,30)21-9-5-3-7-19(21)23(24,25)26/h2-9,15,18H,10-14H2,1H3. The van der Waals surface area contributed by atoms with Gasteiger partial charge in [-0.3, -0.25) is 0 Å². The molecule has 0 aliphatic carbocycles. The summed E-state index contributed by atoms with van der Waals surface area (Å²) in [5.41, 5.74) is 0.798. The first-order valence-corrected chi connectivity index (χ1v) is 12.8. The first-order valence-electron chi connectivity index (χ1n) is 10.4. The van der Waals surface area contributed by atoms with Crippen LogP contribution >= 0.6 is 11.3 Å². The van der Waals surface area contributed by atoms with Crippen LogP contribution < -0.4 is 9.64 Å². The highest BCUT2D eigenvalue weighted by molar-refractivity contribution is 7.92. The van der Waals surface area contributed by atoms with Crippen LogP contribution in [0.25, 0.3) is 0 Å². The second kappa shape index (κ2) is 9.34. The topological polar surface area (TPSA) is 59.5 Å². The van der Waals surface area contributed by atoms with Crippen molar-refractivity contribution in [3.63, 3.8) is 0 Å². The molecule has 1 fully saturated rings. The normalized spacial score (nSPS) is 15.6. The van der Waals surface area contributed by atoms with E-state index in [2.05, 4.69) is 4.98 Å². The van der Waals surface area contributed by atoms with Gasteiger partial charge in [-0.2, -0.15) is 13.2 Å². The van der Waals surface area contributed by atoms with Crippen LogP contribution in [0.1, 0.15) is 29.7 Å². The zero-order valence-electron chi connectivity index (χ0n) is 17.9. The lowest BCUT2D eigenvalue weighted by molar-refractivity contribution is -0.139. The van der Waals surface area contributed by atoms with E-state index in [1.165, 1.54) is 23.5 Å². The molecule has 0 N–H and O–H groups in total. The van der Waals surface area contributed by atoms with Crippen LogP contribution in [0.3, 0.4) is 0 Å². The second-order valence-electron chi connectivity index (χ2n) is 7.84. The molecule has 4 rings (SSSR count). The fraction of sp³-hybridized carbons (Fsp3) is 0.348. The molecule has 5 nitrogen and oxygen atoms in total. The van der Waals surface area contributed by atoms with Gasteiger partial charge in [-0.15, -0.1) is 11.3 Å². The highest BCUT2D eigenvalue weighted by Crippen LogP contribution is 2.37. The summed E-state index contributed by atoms with van der Waals surface area (Å²) in [7, 11) is -2.48. The third-order valence-corrected chi connectivity index (χ3v) is 9.02. The highest BCUT2D eigenvalue weighted by Gasteiger charge is 2.40. The van der Waals surface area contributed by atoms with Gasteiger partial charge in [0, 0.05) is 30.5 Å². The van der Waals surface area contributed by atoms with Crippen molar-refractivity contribution < 1.29 is 26.3 Å². The first-order chi connectivity index (χ1) is 15.7. The number of thiazole rings is 1. The van der Waals surface area contributed by atoms with Crippen molar-refractivity contribution in [1.29, 1.82) is 0 Å². The van der Waals surface area contributed by atoms with Gasteiger partial charge in [0.15, 0.2) is 15.0 Å². The number of hydrogen-bond donors (Lipinski definition) is 0. The number of para-hydroxylation sites is 1. The van der Waals surface area contributed by atoms with Gasteiger partial charge in [0.25, 0.3) is 0 Å². The number of anilines is 1. The number of nitrogens with zero attached hydrogens (tertiary/aromatic N) is 2. The monoisotopic (exact) mass is 496 g/mol. The van der Waals surface area contributed by atoms with Gasteiger partial charge >= 0.3 is 6.18 Å². The Labute approximate surface area is 194 Å². The summed E-state index contributed by atoms with van der Waals surface area (Å²) in [6.45, 7) is 0.833. The minimum Gasteiger partial charge on any atom is -0.496 e. The van der Waals surface area contributed by atoms with E-state index in [0.29, 0.717) is 19.5 Å². The molecule has 0 saturated carbocycles. The maximum absolute atomic E-state index is 13.3. The van der Waals surface area contributed by atoms with Crippen molar-refractivity contribution in [2.45, 2.75) is 35.6 Å². The largest absolute Gasteiger partial charge is 0.496 e. The second-order valence-corrected chi connectivity index (χ2v) is 10.9. The molecule has 1 aliphatic rings. The minimum absolute atomic E-state index is 0.246. The Morgan fingerprint density at radius 1 is 1.09 bits per heavy atom. The van der Waals surface area contributed by atoms with Crippen LogP contribution in [-0.2, 0) is 22.4 Å². The fourth-order valence-electron chi connectivity index (χ4n) is 4.05. The molecule has 0 spiro atoms. The number of ether oxygens (including phenoxy) is 1. The van der Waals surface area contributed by atoms with Gasteiger partial charge < -0.3 is 9.64 Å². The van der Waals surface area contributed by atoms with Gasteiger partial charge in [0.05, 0.1) is 28.5 Å². The third kappa shape index (κ3) is 5.01. The van der Waals surface area contributed by atoms with Crippen molar-refractivity contribution in [3.8, 4) is 5.75 Å². The van der Waals surface area contributed by atoms with Crippen LogP contribution in [0, 0.1) is 0 Å². The van der Waals surface area contributed by atoms with E-state index >= 15 is 0 Å². The molecular formula is C23H23F3N2O3S2. The molecule has 1 aliphatic heterocycles. The van der Waals surface area contributed by atoms with E-state index in [-0.39, 0.29) is 12.8 Å². The maximum Gasteiger partial charge on any atom is 0.417 e. The molecule has 0 radical (unpaired) electrons. The van der Waals surface area contributed by atoms with Crippen molar-refractivity contribution in [1.82, 2.24) is 4.98 Å². The SMILES string of the molecule is COc1ccccc1Cc1csc(N2CCC(S(=O)(=O)c3ccccc3C(F)(F)F)CC2)n1. The summed E-state index contributed by atoms with van der Waals surface area (Å²) in [5.74, 6) is 0.789. The van der Waals surface area contributed by atoms with E-state index in [1.807, 2.05) is 34.5 Å². The number of benzene rings is 2.